The van der Waals surface area contributed by atoms with E-state index in [2.05, 4.69) is 32.4 Å². The van der Waals surface area contributed by atoms with Gasteiger partial charge in [-0.1, -0.05) is 6.07 Å². The Bertz CT molecular complexity index is 472. The van der Waals surface area contributed by atoms with Crippen molar-refractivity contribution in [3.05, 3.63) is 22.4 Å². The van der Waals surface area contributed by atoms with E-state index in [1.807, 2.05) is 26.8 Å². The Morgan fingerprint density at radius 3 is 2.52 bits per heavy atom. The van der Waals surface area contributed by atoms with Crippen LogP contribution in [0.2, 0.25) is 0 Å². The largest absolute Gasteiger partial charge is 0.444 e. The number of guanidine groups is 1. The summed E-state index contributed by atoms with van der Waals surface area (Å²) in [6, 6.07) is 4.11. The molecule has 1 rings (SSSR count). The number of rotatable bonds is 6. The van der Waals surface area contributed by atoms with E-state index in [0.29, 0.717) is 6.54 Å². The van der Waals surface area contributed by atoms with Crippen LogP contribution in [0.5, 0.6) is 0 Å². The molecule has 0 atom stereocenters. The molecule has 0 unspecified atom stereocenters. The van der Waals surface area contributed by atoms with E-state index >= 15 is 0 Å². The summed E-state index contributed by atoms with van der Waals surface area (Å²) in [6.07, 6.45) is 0.409. The van der Waals surface area contributed by atoms with Gasteiger partial charge in [0.25, 0.3) is 0 Å². The first-order valence-electron chi connectivity index (χ1n) is 7.34. The smallest absolute Gasteiger partial charge is 0.407 e. The summed E-state index contributed by atoms with van der Waals surface area (Å²) in [5.74, 6) is 0.755. The number of carbonyl (C=O) groups is 1. The maximum absolute atomic E-state index is 11.5. The molecule has 0 fully saturated rings. The molecule has 8 heteroatoms. The number of carbonyl (C=O) groups excluding carboxylic acids is 1. The van der Waals surface area contributed by atoms with Gasteiger partial charge in [-0.2, -0.15) is 0 Å². The van der Waals surface area contributed by atoms with Crippen molar-refractivity contribution in [2.75, 3.05) is 20.1 Å². The van der Waals surface area contributed by atoms with Gasteiger partial charge in [-0.3, -0.25) is 4.99 Å². The Labute approximate surface area is 159 Å². The molecular weight excluding hydrogens is 427 g/mol. The van der Waals surface area contributed by atoms with Gasteiger partial charge in [-0.15, -0.1) is 35.3 Å². The zero-order valence-electron chi connectivity index (χ0n) is 14.1. The Kier molecular flexibility index (Phi) is 11.0. The molecule has 23 heavy (non-hydrogen) atoms. The lowest BCUT2D eigenvalue weighted by Gasteiger charge is -2.19. The first-order valence-corrected chi connectivity index (χ1v) is 8.22. The average Bonchev–Trinajstić information content (AvgIpc) is 2.93. The second-order valence-electron chi connectivity index (χ2n) is 5.71. The highest BCUT2D eigenvalue weighted by Crippen LogP contribution is 2.07. The van der Waals surface area contributed by atoms with Crippen LogP contribution in [0.25, 0.3) is 0 Å². The third kappa shape index (κ3) is 11.2. The highest BCUT2D eigenvalue weighted by atomic mass is 127. The summed E-state index contributed by atoms with van der Waals surface area (Å²) < 4.78 is 5.16. The van der Waals surface area contributed by atoms with Crippen LogP contribution in [0.15, 0.2) is 22.5 Å². The standard InChI is InChI=1S/C15H26N4O2S.HI/c1-15(2,3)21-14(20)18-9-6-8-17-13(16-4)19-11-12-7-5-10-22-12;/h5,7,10H,6,8-9,11H2,1-4H3,(H,18,20)(H2,16,17,19);1H. The second-order valence-corrected chi connectivity index (χ2v) is 6.75. The first kappa shape index (κ1) is 22.0. The van der Waals surface area contributed by atoms with Crippen LogP contribution in [-0.4, -0.2) is 37.8 Å². The number of aliphatic imine (C=N–C) groups is 1. The van der Waals surface area contributed by atoms with Gasteiger partial charge in [-0.25, -0.2) is 4.79 Å². The normalized spacial score (nSPS) is 11.4. The summed E-state index contributed by atoms with van der Waals surface area (Å²) in [5, 5.41) is 11.2. The number of nitrogens with one attached hydrogen (secondary N) is 3. The van der Waals surface area contributed by atoms with Crippen LogP contribution in [0.3, 0.4) is 0 Å². The quantitative estimate of drug-likeness (QED) is 0.268. The van der Waals surface area contributed by atoms with Gasteiger partial charge in [0.05, 0.1) is 6.54 Å². The van der Waals surface area contributed by atoms with Crippen LogP contribution in [0, 0.1) is 0 Å². The number of thiophene rings is 1. The van der Waals surface area contributed by atoms with Gasteiger partial charge in [0, 0.05) is 25.0 Å². The van der Waals surface area contributed by atoms with Crippen molar-refractivity contribution in [2.45, 2.75) is 39.3 Å². The monoisotopic (exact) mass is 454 g/mol. The van der Waals surface area contributed by atoms with Crippen LogP contribution < -0.4 is 16.0 Å². The highest BCUT2D eigenvalue weighted by molar-refractivity contribution is 14.0. The summed E-state index contributed by atoms with van der Waals surface area (Å²) >= 11 is 1.71. The molecule has 1 amide bonds. The molecule has 3 N–H and O–H groups in total. The minimum atomic E-state index is -0.462. The summed E-state index contributed by atoms with van der Waals surface area (Å²) in [5.41, 5.74) is -0.462. The second kappa shape index (κ2) is 11.5. The Morgan fingerprint density at radius 2 is 1.96 bits per heavy atom. The van der Waals surface area contributed by atoms with E-state index in [4.69, 9.17) is 4.74 Å². The van der Waals surface area contributed by atoms with Crippen LogP contribution in [-0.2, 0) is 11.3 Å². The Hall–Kier alpha value is -1.03. The fourth-order valence-corrected chi connectivity index (χ4v) is 2.25. The Balaban J connectivity index is 0.00000484. The molecule has 1 heterocycles. The number of hydrogen-bond donors (Lipinski definition) is 3. The number of nitrogens with zero attached hydrogens (tertiary/aromatic N) is 1. The summed E-state index contributed by atoms with van der Waals surface area (Å²) in [6.45, 7) is 7.57. The van der Waals surface area contributed by atoms with Gasteiger partial charge in [0.1, 0.15) is 5.60 Å². The van der Waals surface area contributed by atoms with E-state index < -0.39 is 5.60 Å². The number of alkyl carbamates (subject to hydrolysis) is 1. The third-order valence-electron chi connectivity index (χ3n) is 2.55. The van der Waals surface area contributed by atoms with Gasteiger partial charge in [-0.05, 0) is 38.6 Å². The zero-order valence-corrected chi connectivity index (χ0v) is 17.3. The van der Waals surface area contributed by atoms with E-state index in [0.717, 1.165) is 25.5 Å². The van der Waals surface area contributed by atoms with Crippen molar-refractivity contribution < 1.29 is 9.53 Å². The SMILES string of the molecule is CN=C(NCCCNC(=O)OC(C)(C)C)NCc1cccs1.I. The number of halogens is 1. The molecule has 0 aliphatic carbocycles. The Morgan fingerprint density at radius 1 is 1.26 bits per heavy atom. The minimum absolute atomic E-state index is 0. The van der Waals surface area contributed by atoms with Crippen molar-refractivity contribution in [3.63, 3.8) is 0 Å². The van der Waals surface area contributed by atoms with Crippen LogP contribution in [0.4, 0.5) is 4.79 Å². The van der Waals surface area contributed by atoms with Gasteiger partial charge in [0.15, 0.2) is 5.96 Å². The number of amides is 1. The molecular formula is C15H27IN4O2S. The van der Waals surface area contributed by atoms with Crippen molar-refractivity contribution in [1.29, 1.82) is 0 Å². The van der Waals surface area contributed by atoms with E-state index in [1.165, 1.54) is 4.88 Å². The molecule has 132 valence electrons. The van der Waals surface area contributed by atoms with Crippen LogP contribution in [0.1, 0.15) is 32.1 Å². The van der Waals surface area contributed by atoms with Gasteiger partial charge in [0.2, 0.25) is 0 Å². The summed E-state index contributed by atoms with van der Waals surface area (Å²) in [7, 11) is 1.74. The van der Waals surface area contributed by atoms with Crippen molar-refractivity contribution in [2.24, 2.45) is 4.99 Å². The molecule has 0 spiro atoms. The lowest BCUT2D eigenvalue weighted by Crippen LogP contribution is -2.38. The number of hydrogen-bond acceptors (Lipinski definition) is 4. The number of ether oxygens (including phenoxy) is 1. The molecule has 0 saturated heterocycles. The molecule has 1 aromatic heterocycles. The fraction of sp³-hybridized carbons (Fsp3) is 0.600. The fourth-order valence-electron chi connectivity index (χ4n) is 1.60. The molecule has 0 saturated carbocycles. The molecule has 0 radical (unpaired) electrons. The predicted molar refractivity (Wildman–Crippen MR) is 107 cm³/mol. The molecule has 1 aromatic rings. The third-order valence-corrected chi connectivity index (χ3v) is 3.42. The highest BCUT2D eigenvalue weighted by Gasteiger charge is 2.15. The van der Waals surface area contributed by atoms with E-state index in [1.54, 1.807) is 18.4 Å². The topological polar surface area (TPSA) is 74.8 Å². The summed E-state index contributed by atoms with van der Waals surface area (Å²) in [4.78, 5) is 16.9. The van der Waals surface area contributed by atoms with Crippen molar-refractivity contribution >= 4 is 47.4 Å². The zero-order chi connectivity index (χ0) is 16.4. The first-order chi connectivity index (χ1) is 10.4. The lowest BCUT2D eigenvalue weighted by atomic mass is 10.2. The average molecular weight is 454 g/mol. The molecule has 6 nitrogen and oxygen atoms in total. The van der Waals surface area contributed by atoms with Gasteiger partial charge >= 0.3 is 6.09 Å². The van der Waals surface area contributed by atoms with Gasteiger partial charge < -0.3 is 20.7 Å². The van der Waals surface area contributed by atoms with Crippen LogP contribution >= 0.6 is 35.3 Å². The van der Waals surface area contributed by atoms with E-state index in [-0.39, 0.29) is 30.1 Å². The predicted octanol–water partition coefficient (Wildman–Crippen LogP) is 2.95. The van der Waals surface area contributed by atoms with Crippen molar-refractivity contribution in [1.82, 2.24) is 16.0 Å². The maximum Gasteiger partial charge on any atom is 0.407 e. The molecule has 0 aromatic carbocycles. The van der Waals surface area contributed by atoms with E-state index in [9.17, 15) is 4.79 Å². The minimum Gasteiger partial charge on any atom is -0.444 e. The lowest BCUT2D eigenvalue weighted by molar-refractivity contribution is 0.0527. The maximum atomic E-state index is 11.5. The molecule has 0 bridgehead atoms. The van der Waals surface area contributed by atoms with Crippen molar-refractivity contribution in [3.8, 4) is 0 Å². The molecule has 0 aliphatic heterocycles. The molecule has 0 aliphatic rings.